The van der Waals surface area contributed by atoms with Crippen LogP contribution >= 0.6 is 0 Å². The molecule has 0 bridgehead atoms. The zero-order valence-corrected chi connectivity index (χ0v) is 13.8. The number of benzene rings is 3. The van der Waals surface area contributed by atoms with Crippen LogP contribution in [-0.4, -0.2) is 5.78 Å². The number of carbonyl (C=O) groups excluding carboxylic acids is 1. The van der Waals surface area contributed by atoms with Crippen LogP contribution in [0.5, 0.6) is 5.75 Å². The quantitative estimate of drug-likeness (QED) is 0.624. The number of carbonyl (C=O) groups is 1. The molecule has 1 aliphatic carbocycles. The fourth-order valence-electron chi connectivity index (χ4n) is 3.13. The number of Topliss-reactive ketones (excluding diaryl/α,β-unsaturated/α-hetero) is 1. The normalized spacial score (nSPS) is 14.6. The molecule has 0 aliphatic heterocycles. The lowest BCUT2D eigenvalue weighted by molar-refractivity contribution is 0.104. The average Bonchev–Trinajstić information content (AvgIpc) is 2.98. The summed E-state index contributed by atoms with van der Waals surface area (Å²) in [5.74, 6) is 0.913. The van der Waals surface area contributed by atoms with Gasteiger partial charge in [-0.15, -0.1) is 0 Å². The second kappa shape index (κ2) is 6.78. The maximum absolute atomic E-state index is 12.6. The van der Waals surface area contributed by atoms with Gasteiger partial charge < -0.3 is 4.74 Å². The van der Waals surface area contributed by atoms with Gasteiger partial charge in [-0.3, -0.25) is 4.79 Å². The van der Waals surface area contributed by atoms with Gasteiger partial charge >= 0.3 is 0 Å². The van der Waals surface area contributed by atoms with Crippen molar-refractivity contribution in [3.05, 3.63) is 107 Å². The molecular formula is C23H18O2. The molecule has 0 radical (unpaired) electrons. The predicted octanol–water partition coefficient (Wildman–Crippen LogP) is 5.09. The van der Waals surface area contributed by atoms with Gasteiger partial charge in [0.2, 0.25) is 0 Å². The van der Waals surface area contributed by atoms with Crippen molar-refractivity contribution in [2.75, 3.05) is 0 Å². The summed E-state index contributed by atoms with van der Waals surface area (Å²) >= 11 is 0. The minimum atomic E-state index is 0.119. The Morgan fingerprint density at radius 1 is 0.840 bits per heavy atom. The molecule has 3 aromatic carbocycles. The van der Waals surface area contributed by atoms with Gasteiger partial charge in [0.05, 0.1) is 0 Å². The van der Waals surface area contributed by atoms with Crippen molar-refractivity contribution in [3.63, 3.8) is 0 Å². The molecule has 3 aromatic rings. The maximum Gasteiger partial charge on any atom is 0.189 e. The number of rotatable bonds is 4. The van der Waals surface area contributed by atoms with Crippen LogP contribution in [0.2, 0.25) is 0 Å². The first-order valence-corrected chi connectivity index (χ1v) is 8.40. The van der Waals surface area contributed by atoms with Crippen LogP contribution in [0.25, 0.3) is 6.08 Å². The Morgan fingerprint density at radius 2 is 1.56 bits per heavy atom. The summed E-state index contributed by atoms with van der Waals surface area (Å²) in [6.45, 7) is 0.509. The van der Waals surface area contributed by atoms with E-state index in [1.54, 1.807) is 0 Å². The van der Waals surface area contributed by atoms with Gasteiger partial charge in [-0.25, -0.2) is 0 Å². The Balaban J connectivity index is 1.59. The third-order valence-corrected chi connectivity index (χ3v) is 4.42. The number of hydrogen-bond donors (Lipinski definition) is 0. The Labute approximate surface area is 147 Å². The SMILES string of the molecule is O=C1/C(=C/c2ccccc2OCc2ccccc2)Cc2ccccc21. The standard InChI is InChI=1S/C23H18O2/c24-23-20(14-18-10-4-6-12-21(18)23)15-19-11-5-7-13-22(19)25-16-17-8-2-1-3-9-17/h1-13,15H,14,16H2/b20-15+. The van der Waals surface area contributed by atoms with Crippen LogP contribution < -0.4 is 4.74 Å². The highest BCUT2D eigenvalue weighted by Gasteiger charge is 2.24. The predicted molar refractivity (Wildman–Crippen MR) is 99.7 cm³/mol. The minimum absolute atomic E-state index is 0.119. The van der Waals surface area contributed by atoms with Gasteiger partial charge in [0, 0.05) is 23.1 Å². The highest BCUT2D eigenvalue weighted by atomic mass is 16.5. The smallest absolute Gasteiger partial charge is 0.189 e. The van der Waals surface area contributed by atoms with E-state index in [0.29, 0.717) is 13.0 Å². The fraction of sp³-hybridized carbons (Fsp3) is 0.0870. The van der Waals surface area contributed by atoms with Crippen molar-refractivity contribution >= 4 is 11.9 Å². The lowest BCUT2D eigenvalue weighted by atomic mass is 10.1. The minimum Gasteiger partial charge on any atom is -0.488 e. The van der Waals surface area contributed by atoms with Crippen molar-refractivity contribution in [2.45, 2.75) is 13.0 Å². The molecule has 122 valence electrons. The monoisotopic (exact) mass is 326 g/mol. The van der Waals surface area contributed by atoms with Crippen molar-refractivity contribution in [1.82, 2.24) is 0 Å². The zero-order valence-electron chi connectivity index (χ0n) is 13.8. The summed E-state index contributed by atoms with van der Waals surface area (Å²) < 4.78 is 5.99. The molecule has 2 heteroatoms. The summed E-state index contributed by atoms with van der Waals surface area (Å²) in [5, 5.41) is 0. The molecule has 1 aliphatic rings. The van der Waals surface area contributed by atoms with E-state index in [0.717, 1.165) is 33.6 Å². The Kier molecular flexibility index (Phi) is 4.17. The van der Waals surface area contributed by atoms with Crippen molar-refractivity contribution in [2.24, 2.45) is 0 Å². The van der Waals surface area contributed by atoms with E-state index in [1.165, 1.54) is 0 Å². The molecular weight excluding hydrogens is 308 g/mol. The van der Waals surface area contributed by atoms with E-state index in [2.05, 4.69) is 0 Å². The third-order valence-electron chi connectivity index (χ3n) is 4.42. The number of fused-ring (bicyclic) bond motifs is 1. The molecule has 0 N–H and O–H groups in total. The highest BCUT2D eigenvalue weighted by molar-refractivity contribution is 6.15. The van der Waals surface area contributed by atoms with Crippen LogP contribution in [0.3, 0.4) is 0 Å². The van der Waals surface area contributed by atoms with E-state index >= 15 is 0 Å². The second-order valence-electron chi connectivity index (χ2n) is 6.14. The van der Waals surface area contributed by atoms with Crippen LogP contribution in [0.15, 0.2) is 84.4 Å². The maximum atomic E-state index is 12.6. The molecule has 0 heterocycles. The van der Waals surface area contributed by atoms with Crippen molar-refractivity contribution < 1.29 is 9.53 Å². The van der Waals surface area contributed by atoms with Gasteiger partial charge in [-0.2, -0.15) is 0 Å². The first-order chi connectivity index (χ1) is 12.3. The molecule has 0 atom stereocenters. The summed E-state index contributed by atoms with van der Waals surface area (Å²) in [4.78, 5) is 12.6. The number of allylic oxidation sites excluding steroid dienone is 1. The Morgan fingerprint density at radius 3 is 2.40 bits per heavy atom. The van der Waals surface area contributed by atoms with E-state index in [9.17, 15) is 4.79 Å². The summed E-state index contributed by atoms with van der Waals surface area (Å²) in [5.41, 5.74) is 4.79. The first kappa shape index (κ1) is 15.4. The Bertz CT molecular complexity index is 939. The van der Waals surface area contributed by atoms with E-state index in [-0.39, 0.29) is 5.78 Å². The molecule has 0 saturated carbocycles. The number of ether oxygens (including phenoxy) is 1. The summed E-state index contributed by atoms with van der Waals surface area (Å²) in [6.07, 6.45) is 2.64. The molecule has 0 saturated heterocycles. The van der Waals surface area contributed by atoms with Gasteiger partial charge in [0.25, 0.3) is 0 Å². The lowest BCUT2D eigenvalue weighted by Crippen LogP contribution is -1.98. The van der Waals surface area contributed by atoms with E-state index in [1.807, 2.05) is 84.9 Å². The molecule has 0 aromatic heterocycles. The summed E-state index contributed by atoms with van der Waals surface area (Å²) in [6, 6.07) is 25.7. The number of hydrogen-bond acceptors (Lipinski definition) is 2. The van der Waals surface area contributed by atoms with Gasteiger partial charge in [0.15, 0.2) is 5.78 Å². The molecule has 0 amide bonds. The fourth-order valence-corrected chi connectivity index (χ4v) is 3.13. The van der Waals surface area contributed by atoms with Crippen LogP contribution in [-0.2, 0) is 13.0 Å². The van der Waals surface area contributed by atoms with Crippen molar-refractivity contribution in [3.8, 4) is 5.75 Å². The van der Waals surface area contributed by atoms with Crippen LogP contribution in [0.4, 0.5) is 0 Å². The van der Waals surface area contributed by atoms with Gasteiger partial charge in [-0.1, -0.05) is 72.8 Å². The Hall–Kier alpha value is -3.13. The summed E-state index contributed by atoms with van der Waals surface area (Å²) in [7, 11) is 0. The zero-order chi connectivity index (χ0) is 17.1. The lowest BCUT2D eigenvalue weighted by Gasteiger charge is -2.10. The molecule has 0 spiro atoms. The molecule has 0 unspecified atom stereocenters. The molecule has 25 heavy (non-hydrogen) atoms. The first-order valence-electron chi connectivity index (χ1n) is 8.40. The average molecular weight is 326 g/mol. The van der Waals surface area contributed by atoms with Crippen LogP contribution in [0, 0.1) is 0 Å². The van der Waals surface area contributed by atoms with Gasteiger partial charge in [0.1, 0.15) is 12.4 Å². The largest absolute Gasteiger partial charge is 0.488 e. The number of ketones is 1. The van der Waals surface area contributed by atoms with Crippen molar-refractivity contribution in [1.29, 1.82) is 0 Å². The molecule has 4 rings (SSSR count). The van der Waals surface area contributed by atoms with Crippen LogP contribution in [0.1, 0.15) is 27.0 Å². The van der Waals surface area contributed by atoms with E-state index < -0.39 is 0 Å². The third kappa shape index (κ3) is 3.24. The van der Waals surface area contributed by atoms with Gasteiger partial charge in [-0.05, 0) is 23.3 Å². The molecule has 0 fully saturated rings. The number of para-hydroxylation sites is 1. The molecule has 2 nitrogen and oxygen atoms in total. The van der Waals surface area contributed by atoms with E-state index in [4.69, 9.17) is 4.74 Å². The second-order valence-corrected chi connectivity index (χ2v) is 6.14. The highest BCUT2D eigenvalue weighted by Crippen LogP contribution is 2.30. The topological polar surface area (TPSA) is 26.3 Å².